The number of hydrogen-bond acceptors (Lipinski definition) is 3. The van der Waals surface area contributed by atoms with E-state index in [0.29, 0.717) is 13.1 Å². The summed E-state index contributed by atoms with van der Waals surface area (Å²) >= 11 is 1.54. The highest BCUT2D eigenvalue weighted by molar-refractivity contribution is 7.99. The molecule has 0 aromatic carbocycles. The molecule has 0 spiro atoms. The highest BCUT2D eigenvalue weighted by Crippen LogP contribution is 2.14. The van der Waals surface area contributed by atoms with Crippen molar-refractivity contribution < 1.29 is 9.90 Å². The molecule has 3 nitrogen and oxygen atoms in total. The number of β-amino-alcohol motifs (C(OH)–C–C–N with tert-alkyl or cyclic N) is 1. The zero-order chi connectivity index (χ0) is 8.43. The predicted molar refractivity (Wildman–Crippen MR) is 45.6 cm³/mol. The maximum Gasteiger partial charge on any atom is 0.235 e. The minimum Gasteiger partial charge on any atom is -0.389 e. The molecule has 1 fully saturated rings. The first kappa shape index (κ1) is 8.87. The van der Waals surface area contributed by atoms with E-state index in [1.54, 1.807) is 4.90 Å². The fourth-order valence-corrected chi connectivity index (χ4v) is 1.34. The van der Waals surface area contributed by atoms with E-state index in [1.165, 1.54) is 11.8 Å². The predicted octanol–water partition coefficient (Wildman–Crippen LogP) is -0.0590. The Hall–Kier alpha value is -0.220. The second-order valence-corrected chi connectivity index (χ2v) is 3.95. The summed E-state index contributed by atoms with van der Waals surface area (Å²) in [7, 11) is 0. The lowest BCUT2D eigenvalue weighted by atomic mass is 10.1. The molecule has 4 heteroatoms. The van der Waals surface area contributed by atoms with Gasteiger partial charge in [-0.25, -0.2) is 0 Å². The molecule has 1 rings (SSSR count). The van der Waals surface area contributed by atoms with E-state index < -0.39 is 0 Å². The minimum atomic E-state index is -0.284. The van der Waals surface area contributed by atoms with Crippen LogP contribution >= 0.6 is 11.8 Å². The van der Waals surface area contributed by atoms with Crippen molar-refractivity contribution in [1.82, 2.24) is 4.90 Å². The molecule has 0 saturated carbocycles. The van der Waals surface area contributed by atoms with Gasteiger partial charge < -0.3 is 10.0 Å². The van der Waals surface area contributed by atoms with Crippen LogP contribution in [0, 0.1) is 0 Å². The van der Waals surface area contributed by atoms with Crippen molar-refractivity contribution in [2.45, 2.75) is 18.3 Å². The van der Waals surface area contributed by atoms with Gasteiger partial charge in [0, 0.05) is 13.1 Å². The third kappa shape index (κ3) is 1.87. The zero-order valence-corrected chi connectivity index (χ0v) is 7.60. The largest absolute Gasteiger partial charge is 0.389 e. The average Bonchev–Trinajstić information content (AvgIpc) is 1.96. The van der Waals surface area contributed by atoms with Gasteiger partial charge in [-0.3, -0.25) is 4.79 Å². The topological polar surface area (TPSA) is 40.5 Å². The van der Waals surface area contributed by atoms with Crippen molar-refractivity contribution in [3.8, 4) is 0 Å². The Morgan fingerprint density at radius 1 is 1.73 bits per heavy atom. The lowest BCUT2D eigenvalue weighted by molar-refractivity contribution is -0.140. The highest BCUT2D eigenvalue weighted by atomic mass is 32.2. The van der Waals surface area contributed by atoms with Crippen LogP contribution in [0.5, 0.6) is 0 Å². The van der Waals surface area contributed by atoms with Crippen molar-refractivity contribution in [3.05, 3.63) is 0 Å². The fraction of sp³-hybridized carbons (Fsp3) is 0.857. The Morgan fingerprint density at radius 3 is 2.64 bits per heavy atom. The maximum atomic E-state index is 11.3. The fourth-order valence-electron chi connectivity index (χ4n) is 0.993. The zero-order valence-electron chi connectivity index (χ0n) is 6.78. The van der Waals surface area contributed by atoms with Gasteiger partial charge in [0.15, 0.2) is 0 Å². The summed E-state index contributed by atoms with van der Waals surface area (Å²) in [5.41, 5.74) is 0. The smallest absolute Gasteiger partial charge is 0.235 e. The standard InChI is InChI=1S/C7H13NO2S/c1-5(11-2)7(10)8-3-6(9)4-8/h5-6,9H,3-4H2,1-2H3. The molecule has 1 aliphatic rings. The molecule has 1 aliphatic heterocycles. The van der Waals surface area contributed by atoms with Crippen LogP contribution in [0.2, 0.25) is 0 Å². The van der Waals surface area contributed by atoms with Crippen LogP contribution in [0.3, 0.4) is 0 Å². The second kappa shape index (κ2) is 3.45. The lowest BCUT2D eigenvalue weighted by Gasteiger charge is -2.37. The van der Waals surface area contributed by atoms with E-state index in [4.69, 9.17) is 5.11 Å². The molecule has 0 aromatic rings. The Kier molecular flexibility index (Phi) is 2.78. The van der Waals surface area contributed by atoms with Crippen LogP contribution in [-0.2, 0) is 4.79 Å². The van der Waals surface area contributed by atoms with Gasteiger partial charge in [-0.1, -0.05) is 0 Å². The van der Waals surface area contributed by atoms with E-state index in [0.717, 1.165) is 0 Å². The number of thioether (sulfide) groups is 1. The summed E-state index contributed by atoms with van der Waals surface area (Å²) in [6.45, 7) is 2.92. The van der Waals surface area contributed by atoms with E-state index in [1.807, 2.05) is 13.2 Å². The number of amides is 1. The molecule has 1 heterocycles. The first-order valence-electron chi connectivity index (χ1n) is 3.64. The highest BCUT2D eigenvalue weighted by Gasteiger charge is 2.30. The summed E-state index contributed by atoms with van der Waals surface area (Å²) in [5.74, 6) is 0.141. The Bertz CT molecular complexity index is 157. The van der Waals surface area contributed by atoms with Crippen LogP contribution in [-0.4, -0.2) is 46.6 Å². The van der Waals surface area contributed by atoms with Crippen LogP contribution in [0.1, 0.15) is 6.92 Å². The van der Waals surface area contributed by atoms with E-state index in [-0.39, 0.29) is 17.3 Å². The molecule has 1 N–H and O–H groups in total. The molecule has 0 bridgehead atoms. The third-order valence-corrected chi connectivity index (χ3v) is 2.78. The molecule has 64 valence electrons. The van der Waals surface area contributed by atoms with Gasteiger partial charge in [0.25, 0.3) is 0 Å². The third-order valence-electron chi connectivity index (χ3n) is 1.88. The molecule has 11 heavy (non-hydrogen) atoms. The van der Waals surface area contributed by atoms with Crippen LogP contribution in [0.15, 0.2) is 0 Å². The number of hydrogen-bond donors (Lipinski definition) is 1. The molecular formula is C7H13NO2S. The van der Waals surface area contributed by atoms with Gasteiger partial charge in [0.05, 0.1) is 11.4 Å². The van der Waals surface area contributed by atoms with Crippen molar-refractivity contribution in [2.75, 3.05) is 19.3 Å². The van der Waals surface area contributed by atoms with Crippen LogP contribution in [0.25, 0.3) is 0 Å². The normalized spacial score (nSPS) is 21.2. The number of aliphatic hydroxyl groups excluding tert-OH is 1. The number of carbonyl (C=O) groups excluding carboxylic acids is 1. The first-order valence-corrected chi connectivity index (χ1v) is 4.93. The van der Waals surface area contributed by atoms with Gasteiger partial charge in [-0.15, -0.1) is 0 Å². The minimum absolute atomic E-state index is 0.0301. The van der Waals surface area contributed by atoms with Crippen molar-refractivity contribution in [1.29, 1.82) is 0 Å². The molecule has 1 saturated heterocycles. The second-order valence-electron chi connectivity index (χ2n) is 2.77. The quantitative estimate of drug-likeness (QED) is 0.639. The van der Waals surface area contributed by atoms with E-state index in [2.05, 4.69) is 0 Å². The maximum absolute atomic E-state index is 11.3. The number of carbonyl (C=O) groups is 1. The van der Waals surface area contributed by atoms with Gasteiger partial charge in [0.2, 0.25) is 5.91 Å². The number of aliphatic hydroxyl groups is 1. The molecule has 0 aliphatic carbocycles. The van der Waals surface area contributed by atoms with Gasteiger partial charge in [-0.2, -0.15) is 11.8 Å². The Morgan fingerprint density at radius 2 is 2.27 bits per heavy atom. The van der Waals surface area contributed by atoms with Crippen molar-refractivity contribution in [3.63, 3.8) is 0 Å². The molecule has 1 amide bonds. The van der Waals surface area contributed by atoms with Crippen LogP contribution < -0.4 is 0 Å². The van der Waals surface area contributed by atoms with E-state index >= 15 is 0 Å². The van der Waals surface area contributed by atoms with E-state index in [9.17, 15) is 4.79 Å². The SMILES string of the molecule is CSC(C)C(=O)N1CC(O)C1. The Balaban J connectivity index is 2.31. The Labute approximate surface area is 70.8 Å². The molecule has 0 radical (unpaired) electrons. The summed E-state index contributed by atoms with van der Waals surface area (Å²) in [6, 6.07) is 0. The first-order chi connectivity index (χ1) is 5.15. The average molecular weight is 175 g/mol. The van der Waals surface area contributed by atoms with Gasteiger partial charge in [0.1, 0.15) is 0 Å². The van der Waals surface area contributed by atoms with Crippen LogP contribution in [0.4, 0.5) is 0 Å². The number of nitrogens with zero attached hydrogens (tertiary/aromatic N) is 1. The van der Waals surface area contributed by atoms with Crippen molar-refractivity contribution >= 4 is 17.7 Å². The monoisotopic (exact) mass is 175 g/mol. The summed E-state index contributed by atoms with van der Waals surface area (Å²) < 4.78 is 0. The summed E-state index contributed by atoms with van der Waals surface area (Å²) in [4.78, 5) is 13.0. The van der Waals surface area contributed by atoms with Crippen molar-refractivity contribution in [2.24, 2.45) is 0 Å². The molecular weight excluding hydrogens is 162 g/mol. The lowest BCUT2D eigenvalue weighted by Crippen LogP contribution is -2.55. The summed E-state index contributed by atoms with van der Waals surface area (Å²) in [5, 5.41) is 8.95. The molecule has 1 atom stereocenters. The molecule has 0 aromatic heterocycles. The summed E-state index contributed by atoms with van der Waals surface area (Å²) in [6.07, 6.45) is 1.63. The van der Waals surface area contributed by atoms with Gasteiger partial charge in [-0.05, 0) is 13.2 Å². The number of rotatable bonds is 2. The van der Waals surface area contributed by atoms with Gasteiger partial charge >= 0.3 is 0 Å². The number of likely N-dealkylation sites (tertiary alicyclic amines) is 1. The molecule has 1 unspecified atom stereocenters.